The maximum absolute atomic E-state index is 11.7. The van der Waals surface area contributed by atoms with Crippen LogP contribution in [0.15, 0.2) is 12.4 Å². The first-order valence-electron chi connectivity index (χ1n) is 7.47. The highest BCUT2D eigenvalue weighted by Crippen LogP contribution is 2.34. The van der Waals surface area contributed by atoms with E-state index in [1.807, 2.05) is 17.6 Å². The third-order valence-electron chi connectivity index (χ3n) is 4.23. The van der Waals surface area contributed by atoms with Crippen LogP contribution in [0.1, 0.15) is 24.8 Å². The van der Waals surface area contributed by atoms with Gasteiger partial charge in [-0.05, 0) is 25.8 Å². The molecule has 7 nitrogen and oxygen atoms in total. The van der Waals surface area contributed by atoms with Gasteiger partial charge in [-0.25, -0.2) is 9.97 Å². The highest BCUT2D eigenvalue weighted by molar-refractivity contribution is 6.35. The molecule has 2 N–H and O–H groups in total. The van der Waals surface area contributed by atoms with Crippen LogP contribution in [-0.4, -0.2) is 38.6 Å². The first-order chi connectivity index (χ1) is 11.1. The molecule has 4 rings (SSSR count). The summed E-state index contributed by atoms with van der Waals surface area (Å²) in [6.07, 6.45) is 2.39. The summed E-state index contributed by atoms with van der Waals surface area (Å²) in [4.78, 5) is 23.9. The lowest BCUT2D eigenvalue weighted by Crippen LogP contribution is -2.31. The Morgan fingerprint density at radius 3 is 3.13 bits per heavy atom. The second kappa shape index (κ2) is 5.21. The van der Waals surface area contributed by atoms with Crippen LogP contribution in [0.5, 0.6) is 0 Å². The van der Waals surface area contributed by atoms with E-state index in [0.29, 0.717) is 17.2 Å². The molecule has 0 spiro atoms. The molecule has 1 amide bonds. The summed E-state index contributed by atoms with van der Waals surface area (Å²) in [7, 11) is 1.61. The summed E-state index contributed by atoms with van der Waals surface area (Å²) < 4.78 is 7.69. The topological polar surface area (TPSA) is 84.8 Å². The van der Waals surface area contributed by atoms with Crippen LogP contribution < -0.4 is 5.32 Å². The van der Waals surface area contributed by atoms with Crippen molar-refractivity contribution >= 4 is 39.6 Å². The van der Waals surface area contributed by atoms with Gasteiger partial charge in [-0.15, -0.1) is 0 Å². The van der Waals surface area contributed by atoms with E-state index < -0.39 is 6.10 Å². The average Bonchev–Trinajstić information content (AvgIpc) is 3.22. The van der Waals surface area contributed by atoms with Crippen molar-refractivity contribution < 1.29 is 9.53 Å². The molecule has 2 atom stereocenters. The fourth-order valence-electron chi connectivity index (χ4n) is 3.12. The number of H-pyrrole nitrogens is 1. The zero-order valence-electron chi connectivity index (χ0n) is 12.8. The largest absolute Gasteiger partial charge is 0.357 e. The van der Waals surface area contributed by atoms with Crippen molar-refractivity contribution in [1.82, 2.24) is 24.8 Å². The highest BCUT2D eigenvalue weighted by atomic mass is 35.5. The van der Waals surface area contributed by atoms with Crippen LogP contribution in [0, 0.1) is 6.92 Å². The molecule has 1 saturated heterocycles. The van der Waals surface area contributed by atoms with Crippen molar-refractivity contribution in [3.8, 4) is 0 Å². The number of imidazole rings is 1. The molecule has 1 aliphatic rings. The molecule has 0 bridgehead atoms. The molecule has 8 heteroatoms. The Kier molecular flexibility index (Phi) is 3.28. The van der Waals surface area contributed by atoms with Crippen LogP contribution in [0.2, 0.25) is 5.15 Å². The van der Waals surface area contributed by atoms with E-state index >= 15 is 0 Å². The SMILES string of the molecule is CNC(=O)C1CCC(n2cnc3c4[nH]c(C)cc4c(Cl)nc32)O1. The number of fused-ring (bicyclic) bond motifs is 3. The summed E-state index contributed by atoms with van der Waals surface area (Å²) in [5, 5.41) is 3.90. The van der Waals surface area contributed by atoms with Gasteiger partial charge in [0.1, 0.15) is 23.0 Å². The molecule has 2 unspecified atom stereocenters. The normalized spacial score (nSPS) is 21.3. The number of hydrogen-bond donors (Lipinski definition) is 2. The molecule has 23 heavy (non-hydrogen) atoms. The number of likely N-dealkylation sites (N-methyl/N-ethyl adjacent to an activating group) is 1. The number of rotatable bonds is 2. The van der Waals surface area contributed by atoms with E-state index in [9.17, 15) is 4.79 Å². The van der Waals surface area contributed by atoms with Gasteiger partial charge in [-0.3, -0.25) is 9.36 Å². The third kappa shape index (κ3) is 2.19. The minimum atomic E-state index is -0.436. The molecule has 0 radical (unpaired) electrons. The second-order valence-electron chi connectivity index (χ2n) is 5.74. The lowest BCUT2D eigenvalue weighted by molar-refractivity contribution is -0.133. The maximum atomic E-state index is 11.7. The van der Waals surface area contributed by atoms with Crippen molar-refractivity contribution in [3.63, 3.8) is 0 Å². The number of aromatic amines is 1. The molecular formula is C15H16ClN5O2. The molecule has 120 valence electrons. The number of carbonyl (C=O) groups is 1. The molecule has 4 heterocycles. The minimum absolute atomic E-state index is 0.106. The Hall–Kier alpha value is -2.12. The number of ether oxygens (including phenoxy) is 1. The number of hydrogen-bond acceptors (Lipinski definition) is 4. The van der Waals surface area contributed by atoms with Gasteiger partial charge in [-0.2, -0.15) is 0 Å². The van der Waals surface area contributed by atoms with Gasteiger partial charge in [0.2, 0.25) is 5.91 Å². The number of nitrogens with one attached hydrogen (secondary N) is 2. The number of carbonyl (C=O) groups excluding carboxylic acids is 1. The summed E-state index contributed by atoms with van der Waals surface area (Å²) >= 11 is 6.31. The Morgan fingerprint density at radius 1 is 1.52 bits per heavy atom. The Bertz CT molecular complexity index is 916. The number of halogens is 1. The number of aryl methyl sites for hydroxylation is 1. The van der Waals surface area contributed by atoms with Crippen molar-refractivity contribution in [2.24, 2.45) is 0 Å². The van der Waals surface area contributed by atoms with Gasteiger partial charge in [-0.1, -0.05) is 11.6 Å². The van der Waals surface area contributed by atoms with Crippen LogP contribution in [0.4, 0.5) is 0 Å². The zero-order valence-corrected chi connectivity index (χ0v) is 13.5. The van der Waals surface area contributed by atoms with Crippen molar-refractivity contribution in [2.75, 3.05) is 7.05 Å². The van der Waals surface area contributed by atoms with Gasteiger partial charge in [0.05, 0.1) is 11.8 Å². The maximum Gasteiger partial charge on any atom is 0.248 e. The van der Waals surface area contributed by atoms with Crippen molar-refractivity contribution in [3.05, 3.63) is 23.2 Å². The zero-order chi connectivity index (χ0) is 16.1. The van der Waals surface area contributed by atoms with Crippen LogP contribution in [-0.2, 0) is 9.53 Å². The quantitative estimate of drug-likeness (QED) is 0.705. The van der Waals surface area contributed by atoms with E-state index in [0.717, 1.165) is 28.5 Å². The lowest BCUT2D eigenvalue weighted by Gasteiger charge is -2.14. The van der Waals surface area contributed by atoms with Crippen molar-refractivity contribution in [1.29, 1.82) is 0 Å². The molecule has 0 aliphatic carbocycles. The number of aromatic nitrogens is 4. The van der Waals surface area contributed by atoms with Crippen LogP contribution in [0.25, 0.3) is 22.1 Å². The molecule has 0 aromatic carbocycles. The Balaban J connectivity index is 1.79. The monoisotopic (exact) mass is 333 g/mol. The fourth-order valence-corrected chi connectivity index (χ4v) is 3.35. The van der Waals surface area contributed by atoms with E-state index in [2.05, 4.69) is 20.3 Å². The van der Waals surface area contributed by atoms with Crippen molar-refractivity contribution in [2.45, 2.75) is 32.1 Å². The first kappa shape index (κ1) is 14.5. The standard InChI is InChI=1S/C15H16ClN5O2/c1-7-5-8-11(19-7)12-14(20-13(8)16)21(6-18-12)10-4-3-9(23-10)15(22)17-2/h5-6,9-10,19H,3-4H2,1-2H3,(H,17,22). The summed E-state index contributed by atoms with van der Waals surface area (Å²) in [6.45, 7) is 1.97. The summed E-state index contributed by atoms with van der Waals surface area (Å²) in [5.41, 5.74) is 3.29. The highest BCUT2D eigenvalue weighted by Gasteiger charge is 2.32. The van der Waals surface area contributed by atoms with E-state index in [4.69, 9.17) is 16.3 Å². The summed E-state index contributed by atoms with van der Waals surface area (Å²) in [5.74, 6) is -0.106. The first-order valence-corrected chi connectivity index (χ1v) is 7.84. The Morgan fingerprint density at radius 2 is 2.35 bits per heavy atom. The van der Waals surface area contributed by atoms with Gasteiger partial charge in [0.25, 0.3) is 0 Å². The van der Waals surface area contributed by atoms with Gasteiger partial charge < -0.3 is 15.0 Å². The molecule has 1 aliphatic heterocycles. The van der Waals surface area contributed by atoms with E-state index in [1.54, 1.807) is 13.4 Å². The average molecular weight is 334 g/mol. The number of amides is 1. The lowest BCUT2D eigenvalue weighted by atomic mass is 10.2. The van der Waals surface area contributed by atoms with Crippen LogP contribution in [0.3, 0.4) is 0 Å². The molecular weight excluding hydrogens is 318 g/mol. The predicted molar refractivity (Wildman–Crippen MR) is 86.3 cm³/mol. The smallest absolute Gasteiger partial charge is 0.248 e. The molecule has 0 saturated carbocycles. The number of pyridine rings is 1. The minimum Gasteiger partial charge on any atom is -0.357 e. The number of nitrogens with zero attached hydrogens (tertiary/aromatic N) is 3. The predicted octanol–water partition coefficient (Wildman–Crippen LogP) is 2.30. The van der Waals surface area contributed by atoms with E-state index in [-0.39, 0.29) is 12.1 Å². The fraction of sp³-hybridized carbons (Fsp3) is 0.400. The molecule has 3 aromatic heterocycles. The molecule has 3 aromatic rings. The third-order valence-corrected chi connectivity index (χ3v) is 4.52. The molecule has 1 fully saturated rings. The van der Waals surface area contributed by atoms with Gasteiger partial charge >= 0.3 is 0 Å². The van der Waals surface area contributed by atoms with Gasteiger partial charge in [0.15, 0.2) is 5.65 Å². The van der Waals surface area contributed by atoms with Crippen LogP contribution >= 0.6 is 11.6 Å². The van der Waals surface area contributed by atoms with Gasteiger partial charge in [0, 0.05) is 18.1 Å². The second-order valence-corrected chi connectivity index (χ2v) is 6.10. The Labute approximate surface area is 137 Å². The summed E-state index contributed by atoms with van der Waals surface area (Å²) in [6, 6.07) is 1.96. The van der Waals surface area contributed by atoms with E-state index in [1.165, 1.54) is 0 Å².